The molecule has 6 heteroatoms. The number of hydrogen-bond donors (Lipinski definition) is 1. The first-order chi connectivity index (χ1) is 11.1. The van der Waals surface area contributed by atoms with E-state index < -0.39 is 0 Å². The van der Waals surface area contributed by atoms with E-state index >= 15 is 0 Å². The van der Waals surface area contributed by atoms with Crippen LogP contribution >= 0.6 is 0 Å². The molecule has 0 saturated heterocycles. The number of hydrogen-bond acceptors (Lipinski definition) is 6. The Balaban J connectivity index is 2.32. The lowest BCUT2D eigenvalue weighted by Crippen LogP contribution is -2.30. The molecule has 0 aromatic heterocycles. The van der Waals surface area contributed by atoms with E-state index in [2.05, 4.69) is 23.9 Å². The topological polar surface area (TPSA) is 60.2 Å². The molecule has 0 amide bonds. The monoisotopic (exact) mass is 323 g/mol. The quantitative estimate of drug-likeness (QED) is 0.782. The largest absolute Gasteiger partial charge is 0.493 e. The van der Waals surface area contributed by atoms with Crippen LogP contribution in [-0.4, -0.2) is 64.9 Å². The lowest BCUT2D eigenvalue weighted by atomic mass is 10.0. The molecule has 6 nitrogen and oxygen atoms in total. The molecule has 1 aromatic carbocycles. The zero-order chi connectivity index (χ0) is 17.0. The molecule has 2 rings (SSSR count). The molecule has 23 heavy (non-hydrogen) atoms. The summed E-state index contributed by atoms with van der Waals surface area (Å²) in [5.41, 5.74) is 8.40. The number of nitrogens with zero attached hydrogens (tertiary/aromatic N) is 2. The molecular weight excluding hydrogens is 294 g/mol. The molecule has 1 unspecified atom stereocenters. The highest BCUT2D eigenvalue weighted by Crippen LogP contribution is 2.48. The van der Waals surface area contributed by atoms with E-state index in [9.17, 15) is 0 Å². The van der Waals surface area contributed by atoms with E-state index in [1.165, 1.54) is 5.56 Å². The van der Waals surface area contributed by atoms with E-state index in [0.717, 1.165) is 37.4 Å². The summed E-state index contributed by atoms with van der Waals surface area (Å²) in [7, 11) is 9.14. The van der Waals surface area contributed by atoms with E-state index in [-0.39, 0.29) is 6.04 Å². The highest BCUT2D eigenvalue weighted by atomic mass is 16.5. The van der Waals surface area contributed by atoms with Gasteiger partial charge in [-0.1, -0.05) is 0 Å². The molecule has 0 bridgehead atoms. The summed E-state index contributed by atoms with van der Waals surface area (Å²) < 4.78 is 16.6. The lowest BCUT2D eigenvalue weighted by molar-refractivity contribution is 0.207. The number of nitrogens with two attached hydrogens (primary N) is 1. The van der Waals surface area contributed by atoms with Crippen molar-refractivity contribution >= 4 is 0 Å². The lowest BCUT2D eigenvalue weighted by Gasteiger charge is -2.24. The van der Waals surface area contributed by atoms with Gasteiger partial charge in [-0.25, -0.2) is 0 Å². The van der Waals surface area contributed by atoms with Gasteiger partial charge in [0.15, 0.2) is 11.5 Å². The van der Waals surface area contributed by atoms with Crippen LogP contribution in [0.2, 0.25) is 0 Å². The van der Waals surface area contributed by atoms with Gasteiger partial charge in [-0.15, -0.1) is 0 Å². The van der Waals surface area contributed by atoms with Crippen molar-refractivity contribution in [3.8, 4) is 17.2 Å². The molecule has 2 N–H and O–H groups in total. The van der Waals surface area contributed by atoms with Gasteiger partial charge in [0.1, 0.15) is 0 Å². The van der Waals surface area contributed by atoms with Gasteiger partial charge < -0.3 is 24.8 Å². The summed E-state index contributed by atoms with van der Waals surface area (Å²) in [5.74, 6) is 2.10. The van der Waals surface area contributed by atoms with Crippen LogP contribution in [0.1, 0.15) is 23.6 Å². The van der Waals surface area contributed by atoms with Gasteiger partial charge >= 0.3 is 0 Å². The minimum atomic E-state index is 0.195. The number of fused-ring (bicyclic) bond motifs is 1. The fourth-order valence-corrected chi connectivity index (χ4v) is 3.31. The second-order valence-corrected chi connectivity index (χ2v) is 6.09. The number of rotatable bonds is 8. The Morgan fingerprint density at radius 3 is 2.39 bits per heavy atom. The molecule has 0 radical (unpaired) electrons. The molecule has 1 aliphatic rings. The van der Waals surface area contributed by atoms with Crippen LogP contribution in [0.3, 0.4) is 0 Å². The molecule has 0 aliphatic carbocycles. The Labute approximate surface area is 139 Å². The zero-order valence-corrected chi connectivity index (χ0v) is 14.9. The van der Waals surface area contributed by atoms with Crippen molar-refractivity contribution in [2.24, 2.45) is 5.73 Å². The number of benzene rings is 1. The molecule has 130 valence electrons. The molecule has 1 heterocycles. The third-order valence-electron chi connectivity index (χ3n) is 4.40. The summed E-state index contributed by atoms with van der Waals surface area (Å²) in [6, 6.07) is 2.24. The van der Waals surface area contributed by atoms with E-state index in [1.807, 2.05) is 6.07 Å². The summed E-state index contributed by atoms with van der Waals surface area (Å²) in [4.78, 5) is 4.61. The van der Waals surface area contributed by atoms with Crippen molar-refractivity contribution in [2.45, 2.75) is 19.0 Å². The Hall–Kier alpha value is -1.50. The van der Waals surface area contributed by atoms with E-state index in [0.29, 0.717) is 18.0 Å². The van der Waals surface area contributed by atoms with Crippen LogP contribution in [0.4, 0.5) is 0 Å². The van der Waals surface area contributed by atoms with Gasteiger partial charge in [-0.3, -0.25) is 4.90 Å². The first kappa shape index (κ1) is 17.8. The van der Waals surface area contributed by atoms with Gasteiger partial charge in [0.2, 0.25) is 5.75 Å². The van der Waals surface area contributed by atoms with Gasteiger partial charge in [0.05, 0.1) is 21.3 Å². The smallest absolute Gasteiger partial charge is 0.203 e. The highest BCUT2D eigenvalue weighted by molar-refractivity contribution is 5.61. The van der Waals surface area contributed by atoms with Crippen LogP contribution in [-0.2, 0) is 6.54 Å². The molecule has 0 fully saturated rings. The molecular formula is C17H29N3O3. The highest BCUT2D eigenvalue weighted by Gasteiger charge is 2.34. The minimum absolute atomic E-state index is 0.195. The van der Waals surface area contributed by atoms with Gasteiger partial charge in [0, 0.05) is 31.2 Å². The first-order valence-corrected chi connectivity index (χ1v) is 7.97. The summed E-state index contributed by atoms with van der Waals surface area (Å²) in [5, 5.41) is 0. The molecule has 1 aliphatic heterocycles. The third kappa shape index (κ3) is 3.54. The summed E-state index contributed by atoms with van der Waals surface area (Å²) in [6.45, 7) is 3.47. The first-order valence-electron chi connectivity index (χ1n) is 7.97. The molecule has 1 atom stereocenters. The van der Waals surface area contributed by atoms with Gasteiger partial charge in [-0.2, -0.15) is 0 Å². The number of methoxy groups -OCH3 is 3. The third-order valence-corrected chi connectivity index (χ3v) is 4.40. The second kappa shape index (κ2) is 7.86. The van der Waals surface area contributed by atoms with Crippen molar-refractivity contribution in [3.05, 3.63) is 17.2 Å². The summed E-state index contributed by atoms with van der Waals surface area (Å²) >= 11 is 0. The molecule has 0 spiro atoms. The van der Waals surface area contributed by atoms with Crippen molar-refractivity contribution < 1.29 is 14.2 Å². The van der Waals surface area contributed by atoms with Crippen molar-refractivity contribution in [1.29, 1.82) is 0 Å². The van der Waals surface area contributed by atoms with Crippen LogP contribution in [0.5, 0.6) is 17.2 Å². The Bertz CT molecular complexity index is 534. The fraction of sp³-hybridized carbons (Fsp3) is 0.647. The molecule has 1 aromatic rings. The minimum Gasteiger partial charge on any atom is -0.493 e. The van der Waals surface area contributed by atoms with E-state index in [1.54, 1.807) is 21.3 Å². The fourth-order valence-electron chi connectivity index (χ4n) is 3.31. The van der Waals surface area contributed by atoms with Gasteiger partial charge in [0.25, 0.3) is 0 Å². The van der Waals surface area contributed by atoms with Gasteiger partial charge in [-0.05, 0) is 38.7 Å². The second-order valence-electron chi connectivity index (χ2n) is 6.09. The zero-order valence-electron chi connectivity index (χ0n) is 14.9. The predicted molar refractivity (Wildman–Crippen MR) is 91.5 cm³/mol. The average Bonchev–Trinajstić information content (AvgIpc) is 2.89. The SMILES string of the molecule is COc1cc2c(c(OC)c1OC)CN(CCCN(C)C)C2CN. The maximum Gasteiger partial charge on any atom is 0.203 e. The standard InChI is InChI=1S/C17H29N3O3/c1-19(2)7-6-8-20-11-13-12(14(20)10-18)9-15(21-3)17(23-5)16(13)22-4/h9,14H,6-8,10-11,18H2,1-5H3. The van der Waals surface area contributed by atoms with Crippen LogP contribution < -0.4 is 19.9 Å². The van der Waals surface area contributed by atoms with Crippen LogP contribution in [0, 0.1) is 0 Å². The Morgan fingerprint density at radius 1 is 1.17 bits per heavy atom. The maximum atomic E-state index is 6.06. The molecule has 0 saturated carbocycles. The van der Waals surface area contributed by atoms with Crippen LogP contribution in [0.25, 0.3) is 0 Å². The van der Waals surface area contributed by atoms with E-state index in [4.69, 9.17) is 19.9 Å². The van der Waals surface area contributed by atoms with Crippen LogP contribution in [0.15, 0.2) is 6.07 Å². The predicted octanol–water partition coefficient (Wildman–Crippen LogP) is 1.48. The number of ether oxygens (including phenoxy) is 3. The Morgan fingerprint density at radius 2 is 1.87 bits per heavy atom. The Kier molecular flexibility index (Phi) is 6.10. The van der Waals surface area contributed by atoms with Crippen molar-refractivity contribution in [1.82, 2.24) is 9.80 Å². The normalized spacial score (nSPS) is 17.4. The van der Waals surface area contributed by atoms with Crippen molar-refractivity contribution in [3.63, 3.8) is 0 Å². The van der Waals surface area contributed by atoms with Crippen molar-refractivity contribution in [2.75, 3.05) is 55.1 Å². The average molecular weight is 323 g/mol. The summed E-state index contributed by atoms with van der Waals surface area (Å²) in [6.07, 6.45) is 1.11. The maximum absolute atomic E-state index is 6.06.